The maximum atomic E-state index is 5.26. The smallest absolute Gasteiger partial charge is 0.119 e. The molecule has 0 aliphatic heterocycles. The molecule has 1 aromatic heterocycles. The molecule has 1 heterocycles. The van der Waals surface area contributed by atoms with Gasteiger partial charge in [0.25, 0.3) is 0 Å². The Balaban J connectivity index is 1.72. The summed E-state index contributed by atoms with van der Waals surface area (Å²) in [6, 6.07) is 15.3. The Bertz CT molecular complexity index is 721. The van der Waals surface area contributed by atoms with Gasteiger partial charge in [-0.3, -0.25) is 0 Å². The third kappa shape index (κ3) is 3.26. The second-order valence-corrected chi connectivity index (χ2v) is 5.99. The average molecular weight is 297 g/mol. The third-order valence-electron chi connectivity index (χ3n) is 3.77. The predicted octanol–water partition coefficient (Wildman–Crippen LogP) is 4.76. The van der Waals surface area contributed by atoms with Gasteiger partial charge in [-0.15, -0.1) is 0 Å². The Morgan fingerprint density at radius 3 is 2.67 bits per heavy atom. The highest BCUT2D eigenvalue weighted by molar-refractivity contribution is 7.07. The summed E-state index contributed by atoms with van der Waals surface area (Å²) in [6.07, 6.45) is 0. The zero-order valence-electron chi connectivity index (χ0n) is 12.3. The molecule has 1 N–H and O–H groups in total. The van der Waals surface area contributed by atoms with Crippen LogP contribution in [0.25, 0.3) is 10.8 Å². The zero-order chi connectivity index (χ0) is 14.7. The summed E-state index contributed by atoms with van der Waals surface area (Å²) < 4.78 is 5.26. The number of hydrogen-bond donors (Lipinski definition) is 1. The number of methoxy groups -OCH3 is 1. The lowest BCUT2D eigenvalue weighted by atomic mass is 10.1. The summed E-state index contributed by atoms with van der Waals surface area (Å²) in [6.45, 7) is 3.08. The van der Waals surface area contributed by atoms with E-state index in [1.165, 1.54) is 21.9 Å². The van der Waals surface area contributed by atoms with Gasteiger partial charge in [0.2, 0.25) is 0 Å². The van der Waals surface area contributed by atoms with Gasteiger partial charge in [0, 0.05) is 12.6 Å². The van der Waals surface area contributed by atoms with Gasteiger partial charge in [-0.2, -0.15) is 11.3 Å². The lowest BCUT2D eigenvalue weighted by Gasteiger charge is -2.13. The molecule has 2 nitrogen and oxygen atoms in total. The normalized spacial score (nSPS) is 12.5. The molecule has 2 aromatic carbocycles. The minimum Gasteiger partial charge on any atom is -0.497 e. The Morgan fingerprint density at radius 2 is 1.90 bits per heavy atom. The van der Waals surface area contributed by atoms with Crippen LogP contribution in [0.1, 0.15) is 24.1 Å². The van der Waals surface area contributed by atoms with E-state index in [1.54, 1.807) is 18.4 Å². The van der Waals surface area contributed by atoms with Gasteiger partial charge in [0.15, 0.2) is 0 Å². The number of ether oxygens (including phenoxy) is 1. The van der Waals surface area contributed by atoms with Gasteiger partial charge < -0.3 is 10.1 Å². The molecule has 21 heavy (non-hydrogen) atoms. The van der Waals surface area contributed by atoms with Crippen molar-refractivity contribution in [3.8, 4) is 5.75 Å². The first-order chi connectivity index (χ1) is 10.3. The first kappa shape index (κ1) is 14.1. The number of nitrogens with one attached hydrogen (secondary N) is 1. The van der Waals surface area contributed by atoms with Crippen LogP contribution in [0.3, 0.4) is 0 Å². The van der Waals surface area contributed by atoms with Crippen molar-refractivity contribution in [3.05, 3.63) is 64.4 Å². The van der Waals surface area contributed by atoms with Crippen molar-refractivity contribution in [1.29, 1.82) is 0 Å². The summed E-state index contributed by atoms with van der Waals surface area (Å²) in [7, 11) is 1.70. The molecule has 0 radical (unpaired) electrons. The first-order valence-corrected chi connectivity index (χ1v) is 8.03. The van der Waals surface area contributed by atoms with Crippen LogP contribution in [0.15, 0.2) is 53.2 Å². The first-order valence-electron chi connectivity index (χ1n) is 7.08. The second-order valence-electron chi connectivity index (χ2n) is 5.21. The molecule has 1 unspecified atom stereocenters. The van der Waals surface area contributed by atoms with Crippen molar-refractivity contribution >= 4 is 22.1 Å². The van der Waals surface area contributed by atoms with Gasteiger partial charge in [-0.25, -0.2) is 0 Å². The van der Waals surface area contributed by atoms with Crippen LogP contribution in [0.2, 0.25) is 0 Å². The molecule has 3 aromatic rings. The molecule has 3 heteroatoms. The van der Waals surface area contributed by atoms with E-state index < -0.39 is 0 Å². The Hall–Kier alpha value is -1.84. The molecule has 0 amide bonds. The van der Waals surface area contributed by atoms with Crippen molar-refractivity contribution in [2.45, 2.75) is 19.5 Å². The molecule has 0 fully saturated rings. The summed E-state index contributed by atoms with van der Waals surface area (Å²) >= 11 is 1.74. The van der Waals surface area contributed by atoms with E-state index in [4.69, 9.17) is 4.74 Å². The fourth-order valence-electron chi connectivity index (χ4n) is 2.42. The van der Waals surface area contributed by atoms with Crippen LogP contribution in [0.5, 0.6) is 5.75 Å². The highest BCUT2D eigenvalue weighted by Crippen LogP contribution is 2.22. The van der Waals surface area contributed by atoms with E-state index in [2.05, 4.69) is 59.4 Å². The number of thiophene rings is 1. The number of benzene rings is 2. The largest absolute Gasteiger partial charge is 0.497 e. The molecule has 0 saturated carbocycles. The van der Waals surface area contributed by atoms with Crippen molar-refractivity contribution in [2.75, 3.05) is 7.11 Å². The second kappa shape index (κ2) is 6.29. The van der Waals surface area contributed by atoms with Crippen LogP contribution < -0.4 is 10.1 Å². The van der Waals surface area contributed by atoms with Gasteiger partial charge in [-0.05, 0) is 63.8 Å². The third-order valence-corrected chi connectivity index (χ3v) is 4.47. The van der Waals surface area contributed by atoms with E-state index >= 15 is 0 Å². The summed E-state index contributed by atoms with van der Waals surface area (Å²) in [5.74, 6) is 0.902. The maximum absolute atomic E-state index is 5.26. The Labute approximate surface area is 129 Å². The van der Waals surface area contributed by atoms with Crippen molar-refractivity contribution in [2.24, 2.45) is 0 Å². The lowest BCUT2D eigenvalue weighted by Crippen LogP contribution is -2.17. The maximum Gasteiger partial charge on any atom is 0.119 e. The minimum atomic E-state index is 0.378. The van der Waals surface area contributed by atoms with Gasteiger partial charge >= 0.3 is 0 Å². The fraction of sp³-hybridized carbons (Fsp3) is 0.222. The van der Waals surface area contributed by atoms with Gasteiger partial charge in [0.1, 0.15) is 5.75 Å². The molecule has 1 atom stereocenters. The summed E-state index contributed by atoms with van der Waals surface area (Å²) in [5.41, 5.74) is 2.65. The molecule has 0 saturated heterocycles. The molecule has 108 valence electrons. The van der Waals surface area contributed by atoms with Gasteiger partial charge in [0.05, 0.1) is 7.11 Å². The summed E-state index contributed by atoms with van der Waals surface area (Å²) in [5, 5.41) is 10.4. The molecule has 3 rings (SSSR count). The Morgan fingerprint density at radius 1 is 1.10 bits per heavy atom. The molecular weight excluding hydrogens is 278 g/mol. The number of fused-ring (bicyclic) bond motifs is 1. The average Bonchev–Trinajstić information content (AvgIpc) is 3.06. The van der Waals surface area contributed by atoms with E-state index in [1.807, 2.05) is 6.07 Å². The zero-order valence-corrected chi connectivity index (χ0v) is 13.1. The predicted molar refractivity (Wildman–Crippen MR) is 90.1 cm³/mol. The van der Waals surface area contributed by atoms with Crippen LogP contribution in [0, 0.1) is 0 Å². The van der Waals surface area contributed by atoms with E-state index in [9.17, 15) is 0 Å². The summed E-state index contributed by atoms with van der Waals surface area (Å²) in [4.78, 5) is 0. The molecule has 0 aliphatic carbocycles. The van der Waals surface area contributed by atoms with Crippen LogP contribution in [-0.2, 0) is 6.54 Å². The minimum absolute atomic E-state index is 0.378. The van der Waals surface area contributed by atoms with Crippen molar-refractivity contribution < 1.29 is 4.74 Å². The monoisotopic (exact) mass is 297 g/mol. The van der Waals surface area contributed by atoms with E-state index in [0.717, 1.165) is 12.3 Å². The van der Waals surface area contributed by atoms with Crippen LogP contribution in [0.4, 0.5) is 0 Å². The van der Waals surface area contributed by atoms with Crippen molar-refractivity contribution in [3.63, 3.8) is 0 Å². The van der Waals surface area contributed by atoms with E-state index in [0.29, 0.717) is 6.04 Å². The standard InChI is InChI=1S/C18H19NOS/c1-13(17-7-8-21-12-17)19-11-14-3-4-16-10-18(20-2)6-5-15(16)9-14/h3-10,12-13,19H,11H2,1-2H3. The number of rotatable bonds is 5. The number of hydrogen-bond acceptors (Lipinski definition) is 3. The van der Waals surface area contributed by atoms with Crippen molar-refractivity contribution in [1.82, 2.24) is 5.32 Å². The SMILES string of the molecule is COc1ccc2cc(CNC(C)c3ccsc3)ccc2c1. The molecule has 0 bridgehead atoms. The molecule has 0 aliphatic rings. The highest BCUT2D eigenvalue weighted by atomic mass is 32.1. The highest BCUT2D eigenvalue weighted by Gasteiger charge is 2.05. The van der Waals surface area contributed by atoms with Crippen LogP contribution >= 0.6 is 11.3 Å². The topological polar surface area (TPSA) is 21.3 Å². The Kier molecular flexibility index (Phi) is 4.23. The van der Waals surface area contributed by atoms with Crippen LogP contribution in [-0.4, -0.2) is 7.11 Å². The molecular formula is C18H19NOS. The molecule has 0 spiro atoms. The van der Waals surface area contributed by atoms with E-state index in [-0.39, 0.29) is 0 Å². The fourth-order valence-corrected chi connectivity index (χ4v) is 3.17. The lowest BCUT2D eigenvalue weighted by molar-refractivity contribution is 0.415. The van der Waals surface area contributed by atoms with Gasteiger partial charge in [-0.1, -0.05) is 18.2 Å². The quantitative estimate of drug-likeness (QED) is 0.733.